The number of hydrogen-bond acceptors (Lipinski definition) is 5. The van der Waals surface area contributed by atoms with Gasteiger partial charge in [-0.25, -0.2) is 0 Å². The van der Waals surface area contributed by atoms with Crippen molar-refractivity contribution >= 4 is 28.2 Å². The number of nitrogens with zero attached hydrogens (tertiary/aromatic N) is 2. The number of pyridine rings is 1. The SMILES string of the molecule is CC(C)c1ccc(NC(=O)COc2ccc([N+](=O)[O-])c3cccnc23)cc1. The fourth-order valence-electron chi connectivity index (χ4n) is 2.70. The molecule has 3 aromatic rings. The van der Waals surface area contributed by atoms with Crippen LogP contribution in [0.1, 0.15) is 25.3 Å². The van der Waals surface area contributed by atoms with Crippen molar-refractivity contribution in [3.05, 3.63) is 70.4 Å². The van der Waals surface area contributed by atoms with E-state index in [2.05, 4.69) is 24.1 Å². The van der Waals surface area contributed by atoms with Crippen molar-refractivity contribution in [2.24, 2.45) is 0 Å². The number of nitro benzene ring substituents is 1. The van der Waals surface area contributed by atoms with Crippen LogP contribution in [0.3, 0.4) is 0 Å². The maximum atomic E-state index is 12.2. The lowest BCUT2D eigenvalue weighted by Crippen LogP contribution is -2.20. The van der Waals surface area contributed by atoms with Crippen LogP contribution in [0.25, 0.3) is 10.9 Å². The second kappa shape index (κ2) is 7.82. The van der Waals surface area contributed by atoms with Gasteiger partial charge in [-0.15, -0.1) is 0 Å². The van der Waals surface area contributed by atoms with Gasteiger partial charge in [-0.1, -0.05) is 26.0 Å². The zero-order valence-corrected chi connectivity index (χ0v) is 15.0. The number of benzene rings is 2. The fraction of sp³-hybridized carbons (Fsp3) is 0.200. The van der Waals surface area contributed by atoms with E-state index < -0.39 is 4.92 Å². The van der Waals surface area contributed by atoms with E-state index >= 15 is 0 Å². The summed E-state index contributed by atoms with van der Waals surface area (Å²) in [5.41, 5.74) is 2.16. The van der Waals surface area contributed by atoms with Crippen molar-refractivity contribution in [1.82, 2.24) is 4.98 Å². The quantitative estimate of drug-likeness (QED) is 0.519. The summed E-state index contributed by atoms with van der Waals surface area (Å²) in [6, 6.07) is 13.6. The molecular formula is C20H19N3O4. The number of carbonyl (C=O) groups is 1. The van der Waals surface area contributed by atoms with Crippen LogP contribution in [-0.4, -0.2) is 22.4 Å². The van der Waals surface area contributed by atoms with Gasteiger partial charge >= 0.3 is 0 Å². The molecule has 0 radical (unpaired) electrons. The third-order valence-electron chi connectivity index (χ3n) is 4.13. The lowest BCUT2D eigenvalue weighted by molar-refractivity contribution is -0.383. The molecular weight excluding hydrogens is 346 g/mol. The van der Waals surface area contributed by atoms with E-state index in [-0.39, 0.29) is 18.2 Å². The van der Waals surface area contributed by atoms with Gasteiger partial charge in [-0.2, -0.15) is 0 Å². The molecule has 0 saturated heterocycles. The monoisotopic (exact) mass is 365 g/mol. The molecule has 0 saturated carbocycles. The largest absolute Gasteiger partial charge is 0.481 e. The summed E-state index contributed by atoms with van der Waals surface area (Å²) in [4.78, 5) is 27.0. The van der Waals surface area contributed by atoms with E-state index in [1.165, 1.54) is 23.9 Å². The number of nitrogens with one attached hydrogen (secondary N) is 1. The highest BCUT2D eigenvalue weighted by Gasteiger charge is 2.16. The lowest BCUT2D eigenvalue weighted by Gasteiger charge is -2.10. The second-order valence-electron chi connectivity index (χ2n) is 6.35. The van der Waals surface area contributed by atoms with Crippen LogP contribution in [0.5, 0.6) is 5.75 Å². The number of carbonyl (C=O) groups excluding carboxylic acids is 1. The Morgan fingerprint density at radius 3 is 2.59 bits per heavy atom. The van der Waals surface area contributed by atoms with Crippen molar-refractivity contribution in [2.75, 3.05) is 11.9 Å². The minimum atomic E-state index is -0.471. The molecule has 0 bridgehead atoms. The van der Waals surface area contributed by atoms with Gasteiger partial charge in [0.05, 0.1) is 10.3 Å². The van der Waals surface area contributed by atoms with Crippen LogP contribution in [-0.2, 0) is 4.79 Å². The smallest absolute Gasteiger partial charge is 0.279 e. The number of aromatic nitrogens is 1. The topological polar surface area (TPSA) is 94.4 Å². The Kier molecular flexibility index (Phi) is 5.30. The number of hydrogen-bond donors (Lipinski definition) is 1. The van der Waals surface area contributed by atoms with Gasteiger partial charge in [0.2, 0.25) is 0 Å². The van der Waals surface area contributed by atoms with Gasteiger partial charge in [-0.05, 0) is 41.8 Å². The molecule has 1 heterocycles. The number of anilines is 1. The van der Waals surface area contributed by atoms with Gasteiger partial charge < -0.3 is 10.1 Å². The molecule has 0 spiro atoms. The van der Waals surface area contributed by atoms with Crippen LogP contribution in [0.15, 0.2) is 54.7 Å². The fourth-order valence-corrected chi connectivity index (χ4v) is 2.70. The number of amides is 1. The number of rotatable bonds is 6. The first-order valence-electron chi connectivity index (χ1n) is 8.50. The molecule has 1 aromatic heterocycles. The predicted octanol–water partition coefficient (Wildman–Crippen LogP) is 4.28. The molecule has 0 aliphatic rings. The van der Waals surface area contributed by atoms with E-state index in [1.54, 1.807) is 12.1 Å². The highest BCUT2D eigenvalue weighted by molar-refractivity contribution is 5.94. The molecule has 1 amide bonds. The van der Waals surface area contributed by atoms with E-state index in [4.69, 9.17) is 4.74 Å². The van der Waals surface area contributed by atoms with Crippen molar-refractivity contribution in [1.29, 1.82) is 0 Å². The molecule has 0 atom stereocenters. The summed E-state index contributed by atoms with van der Waals surface area (Å²) in [6.45, 7) is 3.98. The molecule has 3 rings (SSSR count). The highest BCUT2D eigenvalue weighted by Crippen LogP contribution is 2.31. The van der Waals surface area contributed by atoms with Gasteiger partial charge in [0, 0.05) is 18.0 Å². The van der Waals surface area contributed by atoms with Crippen LogP contribution in [0.4, 0.5) is 11.4 Å². The Labute approximate surface area is 156 Å². The average Bonchev–Trinajstić information content (AvgIpc) is 2.66. The lowest BCUT2D eigenvalue weighted by atomic mass is 10.0. The molecule has 1 N–H and O–H groups in total. The summed E-state index contributed by atoms with van der Waals surface area (Å²) >= 11 is 0. The van der Waals surface area contributed by atoms with Crippen molar-refractivity contribution in [3.63, 3.8) is 0 Å². The zero-order chi connectivity index (χ0) is 19.4. The van der Waals surface area contributed by atoms with Crippen LogP contribution in [0.2, 0.25) is 0 Å². The molecule has 0 fully saturated rings. The van der Waals surface area contributed by atoms with Crippen molar-refractivity contribution in [2.45, 2.75) is 19.8 Å². The average molecular weight is 365 g/mol. The molecule has 0 unspecified atom stereocenters. The van der Waals surface area contributed by atoms with Crippen molar-refractivity contribution in [3.8, 4) is 5.75 Å². The third-order valence-corrected chi connectivity index (χ3v) is 4.13. The molecule has 2 aromatic carbocycles. The second-order valence-corrected chi connectivity index (χ2v) is 6.35. The first-order chi connectivity index (χ1) is 13.0. The highest BCUT2D eigenvalue weighted by atomic mass is 16.6. The number of nitro groups is 1. The maximum absolute atomic E-state index is 12.2. The van der Waals surface area contributed by atoms with Gasteiger partial charge in [0.15, 0.2) is 6.61 Å². The standard InChI is InChI=1S/C20H19N3O4/c1-13(2)14-5-7-15(8-6-14)22-19(24)12-27-18-10-9-17(23(25)26)16-4-3-11-21-20(16)18/h3-11,13H,12H2,1-2H3,(H,22,24). The Morgan fingerprint density at radius 2 is 1.93 bits per heavy atom. The van der Waals surface area contributed by atoms with E-state index in [0.29, 0.717) is 28.3 Å². The van der Waals surface area contributed by atoms with Crippen LogP contribution in [0, 0.1) is 10.1 Å². The summed E-state index contributed by atoms with van der Waals surface area (Å²) in [5, 5.41) is 14.3. The molecule has 138 valence electrons. The molecule has 0 aliphatic heterocycles. The Bertz CT molecular complexity index is 984. The van der Waals surface area contributed by atoms with E-state index in [1.807, 2.05) is 24.3 Å². The minimum absolute atomic E-state index is 0.0554. The van der Waals surface area contributed by atoms with E-state index in [9.17, 15) is 14.9 Å². The summed E-state index contributed by atoms with van der Waals surface area (Å²) in [7, 11) is 0. The van der Waals surface area contributed by atoms with Gasteiger partial charge in [0.25, 0.3) is 11.6 Å². The third kappa shape index (κ3) is 4.20. The predicted molar refractivity (Wildman–Crippen MR) is 103 cm³/mol. The zero-order valence-electron chi connectivity index (χ0n) is 15.0. The minimum Gasteiger partial charge on any atom is -0.481 e. The molecule has 7 heteroatoms. The van der Waals surface area contributed by atoms with Gasteiger partial charge in [0.1, 0.15) is 11.3 Å². The maximum Gasteiger partial charge on any atom is 0.279 e. The first-order valence-corrected chi connectivity index (χ1v) is 8.50. The normalized spacial score (nSPS) is 10.8. The van der Waals surface area contributed by atoms with Crippen LogP contribution >= 0.6 is 0 Å². The molecule has 7 nitrogen and oxygen atoms in total. The van der Waals surface area contributed by atoms with Gasteiger partial charge in [-0.3, -0.25) is 19.9 Å². The van der Waals surface area contributed by atoms with Crippen LogP contribution < -0.4 is 10.1 Å². The molecule has 27 heavy (non-hydrogen) atoms. The summed E-state index contributed by atoms with van der Waals surface area (Å²) < 4.78 is 5.55. The Morgan fingerprint density at radius 1 is 1.19 bits per heavy atom. The first kappa shape index (κ1) is 18.3. The molecule has 0 aliphatic carbocycles. The Balaban J connectivity index is 1.70. The Hall–Kier alpha value is -3.48. The van der Waals surface area contributed by atoms with Crippen molar-refractivity contribution < 1.29 is 14.5 Å². The summed E-state index contributed by atoms with van der Waals surface area (Å²) in [5.74, 6) is 0.414. The number of ether oxygens (including phenoxy) is 1. The number of non-ortho nitro benzene ring substituents is 1. The summed E-state index contributed by atoms with van der Waals surface area (Å²) in [6.07, 6.45) is 1.52. The number of fused-ring (bicyclic) bond motifs is 1. The van der Waals surface area contributed by atoms with E-state index in [0.717, 1.165) is 0 Å².